The molecule has 0 bridgehead atoms. The van der Waals surface area contributed by atoms with Crippen molar-refractivity contribution in [2.45, 2.75) is 38.6 Å². The number of unbranched alkanes of at least 4 members (excludes halogenated alkanes) is 2. The van der Waals surface area contributed by atoms with E-state index in [-0.39, 0.29) is 17.3 Å². The molecule has 0 aliphatic carbocycles. The third-order valence-electron chi connectivity index (χ3n) is 4.80. The Morgan fingerprint density at radius 3 is 2.76 bits per heavy atom. The van der Waals surface area contributed by atoms with E-state index in [0.717, 1.165) is 30.3 Å². The van der Waals surface area contributed by atoms with Crippen LogP contribution in [0.5, 0.6) is 0 Å². The average molecular weight is 414 g/mol. The zero-order valence-corrected chi connectivity index (χ0v) is 16.9. The van der Waals surface area contributed by atoms with Gasteiger partial charge in [0.05, 0.1) is 10.9 Å². The molecule has 2 N–H and O–H groups in total. The molecule has 3 rings (SSSR count). The highest BCUT2D eigenvalue weighted by Gasteiger charge is 2.06. The van der Waals surface area contributed by atoms with Crippen LogP contribution in [-0.2, 0) is 17.8 Å². The van der Waals surface area contributed by atoms with Gasteiger partial charge >= 0.3 is 0 Å². The average Bonchev–Trinajstić information content (AvgIpc) is 2.70. The van der Waals surface area contributed by atoms with Crippen molar-refractivity contribution in [1.82, 2.24) is 14.9 Å². The van der Waals surface area contributed by atoms with Crippen molar-refractivity contribution in [2.75, 3.05) is 6.54 Å². The van der Waals surface area contributed by atoms with E-state index in [9.17, 15) is 14.0 Å². The first-order valence-electron chi connectivity index (χ1n) is 9.77. The van der Waals surface area contributed by atoms with Gasteiger partial charge in [-0.05, 0) is 61.3 Å². The number of fused-ring (bicyclic) bond motifs is 1. The molecule has 0 atom stereocenters. The molecule has 2 aromatic carbocycles. The monoisotopic (exact) mass is 413 g/mol. The molecule has 1 aromatic heterocycles. The van der Waals surface area contributed by atoms with Crippen LogP contribution >= 0.6 is 12.2 Å². The third-order valence-corrected chi connectivity index (χ3v) is 5.12. The molecule has 5 nitrogen and oxygen atoms in total. The summed E-state index contributed by atoms with van der Waals surface area (Å²) in [5.74, 6) is -0.277. The molecule has 152 valence electrons. The summed E-state index contributed by atoms with van der Waals surface area (Å²) in [6.07, 6.45) is 3.37. The van der Waals surface area contributed by atoms with Gasteiger partial charge in [0.25, 0.3) is 5.56 Å². The van der Waals surface area contributed by atoms with Crippen LogP contribution in [0.1, 0.15) is 31.2 Å². The molecule has 29 heavy (non-hydrogen) atoms. The second-order valence-corrected chi connectivity index (χ2v) is 7.36. The van der Waals surface area contributed by atoms with Crippen molar-refractivity contribution < 1.29 is 9.18 Å². The number of carbonyl (C=O) groups is 1. The topological polar surface area (TPSA) is 66.9 Å². The summed E-state index contributed by atoms with van der Waals surface area (Å²) >= 11 is 5.30. The number of aromatic nitrogens is 2. The zero-order valence-electron chi connectivity index (χ0n) is 16.1. The van der Waals surface area contributed by atoms with Crippen molar-refractivity contribution in [1.29, 1.82) is 0 Å². The molecule has 0 fully saturated rings. The highest BCUT2D eigenvalue weighted by Crippen LogP contribution is 2.08. The lowest BCUT2D eigenvalue weighted by Gasteiger charge is -2.08. The van der Waals surface area contributed by atoms with Crippen molar-refractivity contribution in [3.8, 4) is 0 Å². The van der Waals surface area contributed by atoms with E-state index in [1.807, 2.05) is 24.3 Å². The van der Waals surface area contributed by atoms with Crippen LogP contribution in [-0.4, -0.2) is 22.0 Å². The second-order valence-electron chi connectivity index (χ2n) is 6.97. The number of aromatic amines is 1. The van der Waals surface area contributed by atoms with Gasteiger partial charge < -0.3 is 10.3 Å². The highest BCUT2D eigenvalue weighted by atomic mass is 32.1. The molecule has 0 spiro atoms. The fourth-order valence-corrected chi connectivity index (χ4v) is 3.55. The molecule has 0 unspecified atom stereocenters. The molecular formula is C22H24FN3O2S. The number of rotatable bonds is 9. The SMILES string of the molecule is O=C(CCCCCn1c(=S)[nH]c2ccccc2c1=O)NCCc1cccc(F)c1. The van der Waals surface area contributed by atoms with Crippen molar-refractivity contribution in [3.05, 3.63) is 75.0 Å². The number of carbonyl (C=O) groups excluding carboxylic acids is 1. The number of halogens is 1. The Bertz CT molecular complexity index is 1110. The van der Waals surface area contributed by atoms with Gasteiger partial charge in [0.15, 0.2) is 4.77 Å². The Kier molecular flexibility index (Phi) is 7.30. The maximum Gasteiger partial charge on any atom is 0.262 e. The Morgan fingerprint density at radius 2 is 1.93 bits per heavy atom. The quantitative estimate of drug-likeness (QED) is 0.410. The predicted molar refractivity (Wildman–Crippen MR) is 115 cm³/mol. The summed E-state index contributed by atoms with van der Waals surface area (Å²) in [5.41, 5.74) is 1.52. The number of nitrogens with one attached hydrogen (secondary N) is 2. The molecule has 1 heterocycles. The lowest BCUT2D eigenvalue weighted by molar-refractivity contribution is -0.121. The van der Waals surface area contributed by atoms with Gasteiger partial charge in [-0.2, -0.15) is 0 Å². The number of H-pyrrole nitrogens is 1. The van der Waals surface area contributed by atoms with Gasteiger partial charge in [0, 0.05) is 19.5 Å². The fraction of sp³-hybridized carbons (Fsp3) is 0.318. The first-order valence-corrected chi connectivity index (χ1v) is 10.2. The zero-order chi connectivity index (χ0) is 20.6. The van der Waals surface area contributed by atoms with Crippen LogP contribution in [0.25, 0.3) is 10.9 Å². The summed E-state index contributed by atoms with van der Waals surface area (Å²) in [5, 5.41) is 3.48. The smallest absolute Gasteiger partial charge is 0.262 e. The Labute approximate surface area is 173 Å². The maximum absolute atomic E-state index is 13.1. The van der Waals surface area contributed by atoms with Gasteiger partial charge in [0.1, 0.15) is 5.82 Å². The van der Waals surface area contributed by atoms with Gasteiger partial charge in [-0.15, -0.1) is 0 Å². The van der Waals surface area contributed by atoms with E-state index >= 15 is 0 Å². The van der Waals surface area contributed by atoms with Crippen LogP contribution in [0, 0.1) is 10.6 Å². The molecule has 0 saturated heterocycles. The number of benzene rings is 2. The van der Waals surface area contributed by atoms with Crippen LogP contribution in [0.4, 0.5) is 4.39 Å². The van der Waals surface area contributed by atoms with E-state index in [4.69, 9.17) is 12.2 Å². The lowest BCUT2D eigenvalue weighted by atomic mass is 10.1. The summed E-state index contributed by atoms with van der Waals surface area (Å²) in [6, 6.07) is 13.7. The summed E-state index contributed by atoms with van der Waals surface area (Å²) in [6.45, 7) is 1.02. The normalized spacial score (nSPS) is 10.9. The molecular weight excluding hydrogens is 389 g/mol. The molecule has 7 heteroatoms. The number of hydrogen-bond donors (Lipinski definition) is 2. The summed E-state index contributed by atoms with van der Waals surface area (Å²) in [7, 11) is 0. The first-order chi connectivity index (χ1) is 14.0. The Morgan fingerprint density at radius 1 is 1.10 bits per heavy atom. The minimum atomic E-state index is -0.265. The second kappa shape index (κ2) is 10.1. The van der Waals surface area contributed by atoms with Gasteiger partial charge in [-0.1, -0.05) is 30.7 Å². The van der Waals surface area contributed by atoms with Crippen LogP contribution in [0.2, 0.25) is 0 Å². The standard InChI is InChI=1S/C22H24FN3O2S/c23-17-8-6-7-16(15-17)12-13-24-20(27)11-2-1-5-14-26-21(28)18-9-3-4-10-19(18)25-22(26)29/h3-4,6-10,15H,1-2,5,11-14H2,(H,24,27)(H,25,29). The molecule has 0 saturated carbocycles. The Hall–Kier alpha value is -2.80. The van der Waals surface area contributed by atoms with Gasteiger partial charge in [-0.25, -0.2) is 4.39 Å². The van der Waals surface area contributed by atoms with Crippen LogP contribution in [0.15, 0.2) is 53.3 Å². The molecule has 0 aliphatic heterocycles. The minimum absolute atomic E-state index is 0.0124. The Balaban J connectivity index is 1.39. The predicted octanol–water partition coefficient (Wildman–Crippen LogP) is 4.12. The van der Waals surface area contributed by atoms with Crippen LogP contribution < -0.4 is 10.9 Å². The minimum Gasteiger partial charge on any atom is -0.356 e. The first kappa shape index (κ1) is 20.9. The van der Waals surface area contributed by atoms with Crippen molar-refractivity contribution >= 4 is 29.0 Å². The van der Waals surface area contributed by atoms with E-state index < -0.39 is 0 Å². The molecule has 0 radical (unpaired) electrons. The summed E-state index contributed by atoms with van der Waals surface area (Å²) in [4.78, 5) is 27.6. The van der Waals surface area contributed by atoms with E-state index in [0.29, 0.717) is 36.1 Å². The van der Waals surface area contributed by atoms with Gasteiger partial charge in [-0.3, -0.25) is 14.2 Å². The number of hydrogen-bond acceptors (Lipinski definition) is 3. The maximum atomic E-state index is 13.1. The fourth-order valence-electron chi connectivity index (χ4n) is 3.26. The van der Waals surface area contributed by atoms with E-state index in [1.54, 1.807) is 16.7 Å². The van der Waals surface area contributed by atoms with E-state index in [2.05, 4.69) is 10.3 Å². The number of para-hydroxylation sites is 1. The molecule has 0 aliphatic rings. The highest BCUT2D eigenvalue weighted by molar-refractivity contribution is 7.71. The summed E-state index contributed by atoms with van der Waals surface area (Å²) < 4.78 is 15.1. The lowest BCUT2D eigenvalue weighted by Crippen LogP contribution is -2.25. The molecule has 1 amide bonds. The van der Waals surface area contributed by atoms with Crippen LogP contribution in [0.3, 0.4) is 0 Å². The third kappa shape index (κ3) is 5.84. The van der Waals surface area contributed by atoms with Gasteiger partial charge in [0.2, 0.25) is 5.91 Å². The largest absolute Gasteiger partial charge is 0.356 e. The number of amides is 1. The van der Waals surface area contributed by atoms with E-state index in [1.165, 1.54) is 12.1 Å². The molecule has 3 aromatic rings. The van der Waals surface area contributed by atoms with Crippen molar-refractivity contribution in [2.24, 2.45) is 0 Å². The number of nitrogens with zero attached hydrogens (tertiary/aromatic N) is 1. The van der Waals surface area contributed by atoms with Crippen molar-refractivity contribution in [3.63, 3.8) is 0 Å².